The van der Waals surface area contributed by atoms with Crippen LogP contribution in [0.5, 0.6) is 0 Å². The van der Waals surface area contributed by atoms with Crippen LogP contribution in [0.15, 0.2) is 4.99 Å². The Morgan fingerprint density at radius 1 is 0.582 bits per heavy atom. The molecule has 1 heterocycles. The number of guanidine groups is 1. The lowest BCUT2D eigenvalue weighted by atomic mass is 10.0. The lowest BCUT2D eigenvalue weighted by Crippen LogP contribution is -2.60. The Hall–Kier alpha value is -8.23. The maximum atomic E-state index is 14.2. The Labute approximate surface area is 454 Å². The average Bonchev–Trinajstić information content (AvgIpc) is 3.85. The van der Waals surface area contributed by atoms with Crippen molar-refractivity contribution in [2.45, 2.75) is 165 Å². The van der Waals surface area contributed by atoms with Crippen LogP contribution < -0.4 is 76.9 Å². The summed E-state index contributed by atoms with van der Waals surface area (Å²) in [5.74, 6) is -15.9. The third-order valence-corrected chi connectivity index (χ3v) is 11.9. The molecule has 0 unspecified atom stereocenters. The van der Waals surface area contributed by atoms with E-state index in [4.69, 9.17) is 34.4 Å². The summed E-state index contributed by atoms with van der Waals surface area (Å²) < 4.78 is 0. The van der Waals surface area contributed by atoms with Crippen LogP contribution in [0.25, 0.3) is 0 Å². The third-order valence-electron chi connectivity index (χ3n) is 11.9. The van der Waals surface area contributed by atoms with Crippen LogP contribution in [0.2, 0.25) is 0 Å². The molecule has 444 valence electrons. The molecule has 0 bridgehead atoms. The van der Waals surface area contributed by atoms with E-state index in [9.17, 15) is 82.4 Å². The van der Waals surface area contributed by atoms with Crippen LogP contribution in [-0.4, -0.2) is 190 Å². The number of amides is 11. The molecule has 0 spiro atoms. The Morgan fingerprint density at radius 2 is 1.11 bits per heavy atom. The smallest absolute Gasteiger partial charge is 0.325 e. The Balaban J connectivity index is 3.40. The Kier molecular flexibility index (Phi) is 30.7. The molecule has 0 saturated carbocycles. The summed E-state index contributed by atoms with van der Waals surface area (Å²) in [4.78, 5) is 185. The molecule has 23 N–H and O–H groups in total. The number of carbonyl (C=O) groups excluding carboxylic acids is 11. The van der Waals surface area contributed by atoms with Gasteiger partial charge in [0.1, 0.15) is 48.3 Å². The molecule has 79 heavy (non-hydrogen) atoms. The first-order valence-electron chi connectivity index (χ1n) is 25.4. The van der Waals surface area contributed by atoms with Gasteiger partial charge in [0, 0.05) is 25.9 Å². The van der Waals surface area contributed by atoms with Gasteiger partial charge in [-0.05, 0) is 83.6 Å². The number of nitrogens with two attached hydrogens (primary N) is 6. The van der Waals surface area contributed by atoms with Gasteiger partial charge < -0.3 is 97.2 Å². The van der Waals surface area contributed by atoms with E-state index in [-0.39, 0.29) is 89.3 Å². The summed E-state index contributed by atoms with van der Waals surface area (Å²) in [6.07, 6.45) is -3.32. The Morgan fingerprint density at radius 3 is 1.67 bits per heavy atom. The van der Waals surface area contributed by atoms with Gasteiger partial charge in [-0.3, -0.25) is 72.1 Å². The standard InChI is InChI=1S/C46H78N16O17/c1-22(2)18-24(48)37(70)57-27(11-13-32(49)63)41(74)58-26(8-4-5-15-47)40(73)60-30(20-36(68)69)42(75)59-28(12-14-35(66)67)44(77)62-17-7-10-31(62)43(76)61-29(19-33(50)64)38(71)54-21-34(65)56-25(9-6-16-53-46(51)52)39(72)55-23(3)45(78)79/h22-31H,4-21,47-48H2,1-3H3,(H2,49,63)(H2,50,64)(H,54,71)(H,55,72)(H,56,65)(H,57,70)(H,58,74)(H,59,75)(H,60,73)(H,61,76)(H,66,67)(H,68,69)(H,78,79)(H4,51,52,53)/t23-,24-,25-,26-,27-,28-,29-,30-,31-/m0/s1. The highest BCUT2D eigenvalue weighted by atomic mass is 16.4. The van der Waals surface area contributed by atoms with Gasteiger partial charge in [-0.15, -0.1) is 0 Å². The molecule has 0 aromatic rings. The number of hydrogen-bond acceptors (Lipinski definition) is 17. The zero-order valence-corrected chi connectivity index (χ0v) is 44.4. The van der Waals surface area contributed by atoms with Crippen LogP contribution in [-0.2, 0) is 67.1 Å². The first kappa shape index (κ1) is 68.8. The van der Waals surface area contributed by atoms with Crippen LogP contribution in [0.3, 0.4) is 0 Å². The lowest BCUT2D eigenvalue weighted by Gasteiger charge is -2.30. The lowest BCUT2D eigenvalue weighted by molar-refractivity contribution is -0.144. The molecular formula is C46H78N16O17. The predicted octanol–water partition coefficient (Wildman–Crippen LogP) is -7.37. The van der Waals surface area contributed by atoms with Crippen LogP contribution in [0.4, 0.5) is 0 Å². The number of rotatable bonds is 38. The van der Waals surface area contributed by atoms with Crippen LogP contribution in [0, 0.1) is 5.92 Å². The van der Waals surface area contributed by atoms with E-state index in [1.54, 1.807) is 13.8 Å². The summed E-state index contributed by atoms with van der Waals surface area (Å²) in [6, 6.07) is -13.7. The van der Waals surface area contributed by atoms with E-state index in [1.165, 1.54) is 6.92 Å². The minimum atomic E-state index is -1.99. The van der Waals surface area contributed by atoms with Crippen molar-refractivity contribution in [3.05, 3.63) is 0 Å². The number of aliphatic carboxylic acids is 3. The number of nitrogens with zero attached hydrogens (tertiary/aromatic N) is 2. The normalized spacial score (nSPS) is 15.9. The Bertz CT molecular complexity index is 2230. The zero-order chi connectivity index (χ0) is 60.1. The van der Waals surface area contributed by atoms with Gasteiger partial charge >= 0.3 is 17.9 Å². The SMILES string of the molecule is CC(C)C[C@H](N)C(=O)N[C@@H](CCC(N)=O)C(=O)N[C@@H](CCCCN)C(=O)N[C@@H](CC(=O)O)C(=O)N[C@@H](CCC(=O)O)C(=O)N1CCC[C@H]1C(=O)N[C@@H](CC(N)=O)C(=O)NCC(=O)N[C@@H](CCCN=C(N)N)C(=O)N[C@@H](C)C(=O)O. The average molecular weight is 1130 g/mol. The van der Waals surface area contributed by atoms with E-state index < -0.39 is 169 Å². The molecule has 1 saturated heterocycles. The molecule has 1 fully saturated rings. The van der Waals surface area contributed by atoms with Crippen molar-refractivity contribution in [1.29, 1.82) is 0 Å². The van der Waals surface area contributed by atoms with Crippen molar-refractivity contribution in [2.75, 3.05) is 26.2 Å². The number of unbranched alkanes of at least 4 members (excludes halogenated alkanes) is 1. The quantitative estimate of drug-likeness (QED) is 0.0155. The van der Waals surface area contributed by atoms with Crippen LogP contribution >= 0.6 is 0 Å². The molecule has 9 atom stereocenters. The second-order valence-electron chi connectivity index (χ2n) is 19.1. The van der Waals surface area contributed by atoms with Crippen molar-refractivity contribution < 1.29 is 82.4 Å². The van der Waals surface area contributed by atoms with Crippen molar-refractivity contribution >= 4 is 88.8 Å². The molecule has 0 aromatic heterocycles. The number of aliphatic imine (C=N–C) groups is 1. The molecule has 1 rings (SSSR count). The van der Waals surface area contributed by atoms with E-state index in [1.807, 2.05) is 0 Å². The highest BCUT2D eigenvalue weighted by molar-refractivity contribution is 6.00. The fraction of sp³-hybridized carbons (Fsp3) is 0.674. The molecule has 11 amide bonds. The molecule has 0 aliphatic carbocycles. The van der Waals surface area contributed by atoms with Gasteiger partial charge in [-0.25, -0.2) is 0 Å². The molecular weight excluding hydrogens is 1050 g/mol. The zero-order valence-electron chi connectivity index (χ0n) is 44.4. The summed E-state index contributed by atoms with van der Waals surface area (Å²) in [6.45, 7) is 3.94. The number of hydrogen-bond donors (Lipinski definition) is 17. The van der Waals surface area contributed by atoms with E-state index in [0.717, 1.165) is 4.90 Å². The molecule has 1 aliphatic heterocycles. The second-order valence-corrected chi connectivity index (χ2v) is 19.1. The fourth-order valence-electron chi connectivity index (χ4n) is 7.80. The number of likely N-dealkylation sites (tertiary alicyclic amines) is 1. The van der Waals surface area contributed by atoms with Crippen LogP contribution in [0.1, 0.15) is 111 Å². The summed E-state index contributed by atoms with van der Waals surface area (Å²) in [7, 11) is 0. The number of carboxylic acid groups (broad SMARTS) is 3. The minimum Gasteiger partial charge on any atom is -0.481 e. The largest absolute Gasteiger partial charge is 0.481 e. The van der Waals surface area contributed by atoms with E-state index >= 15 is 0 Å². The maximum absolute atomic E-state index is 14.2. The predicted molar refractivity (Wildman–Crippen MR) is 276 cm³/mol. The topological polar surface area (TPSA) is 568 Å². The third kappa shape index (κ3) is 27.1. The van der Waals surface area contributed by atoms with Gasteiger partial charge in [0.25, 0.3) is 0 Å². The van der Waals surface area contributed by atoms with Crippen molar-refractivity contribution in [2.24, 2.45) is 45.3 Å². The van der Waals surface area contributed by atoms with Crippen molar-refractivity contribution in [3.63, 3.8) is 0 Å². The van der Waals surface area contributed by atoms with Gasteiger partial charge in [-0.2, -0.15) is 0 Å². The highest BCUT2D eigenvalue weighted by Crippen LogP contribution is 2.21. The van der Waals surface area contributed by atoms with Gasteiger partial charge in [0.05, 0.1) is 25.4 Å². The van der Waals surface area contributed by atoms with E-state index in [0.29, 0.717) is 6.42 Å². The monoisotopic (exact) mass is 1130 g/mol. The van der Waals surface area contributed by atoms with Gasteiger partial charge in [0.2, 0.25) is 65.0 Å². The summed E-state index contributed by atoms with van der Waals surface area (Å²) in [5.41, 5.74) is 32.9. The molecule has 33 heteroatoms. The van der Waals surface area contributed by atoms with Crippen molar-refractivity contribution in [3.8, 4) is 0 Å². The number of carbonyl (C=O) groups is 14. The van der Waals surface area contributed by atoms with Gasteiger partial charge in [-0.1, -0.05) is 13.8 Å². The first-order chi connectivity index (χ1) is 37.0. The molecule has 0 aromatic carbocycles. The summed E-state index contributed by atoms with van der Waals surface area (Å²) >= 11 is 0. The first-order valence-corrected chi connectivity index (χ1v) is 25.4. The number of carboxylic acids is 3. The number of primary amides is 2. The summed E-state index contributed by atoms with van der Waals surface area (Å²) in [5, 5.41) is 47.0. The van der Waals surface area contributed by atoms with Crippen molar-refractivity contribution in [1.82, 2.24) is 47.4 Å². The molecule has 0 radical (unpaired) electrons. The highest BCUT2D eigenvalue weighted by Gasteiger charge is 2.41. The molecule has 1 aliphatic rings. The molecule has 33 nitrogen and oxygen atoms in total. The maximum Gasteiger partial charge on any atom is 0.325 e. The van der Waals surface area contributed by atoms with Gasteiger partial charge in [0.15, 0.2) is 5.96 Å². The fourth-order valence-corrected chi connectivity index (χ4v) is 7.80. The van der Waals surface area contributed by atoms with E-state index in [2.05, 4.69) is 47.5 Å². The second kappa shape index (κ2) is 35.2. The minimum absolute atomic E-state index is 0.0143. The number of nitrogens with one attached hydrogen (secondary N) is 8.